The zero-order valence-corrected chi connectivity index (χ0v) is 12.1. The van der Waals surface area contributed by atoms with Gasteiger partial charge in [-0.05, 0) is 26.2 Å². The van der Waals surface area contributed by atoms with Crippen molar-refractivity contribution in [1.82, 2.24) is 25.2 Å². The largest absolute Gasteiger partial charge is 0.481 e. The Balaban J connectivity index is 1.69. The Labute approximate surface area is 123 Å². The van der Waals surface area contributed by atoms with Gasteiger partial charge in [-0.25, -0.2) is 4.79 Å². The van der Waals surface area contributed by atoms with E-state index in [1.807, 2.05) is 6.92 Å². The molecule has 1 fully saturated rings. The summed E-state index contributed by atoms with van der Waals surface area (Å²) in [5, 5.41) is 19.4. The summed E-state index contributed by atoms with van der Waals surface area (Å²) in [4.78, 5) is 24.8. The molecule has 2 rings (SSSR count). The van der Waals surface area contributed by atoms with Crippen molar-refractivity contribution in [3.05, 3.63) is 12.4 Å². The lowest BCUT2D eigenvalue weighted by Gasteiger charge is -2.36. The van der Waals surface area contributed by atoms with Gasteiger partial charge in [-0.1, -0.05) is 5.21 Å². The predicted molar refractivity (Wildman–Crippen MR) is 74.6 cm³/mol. The van der Waals surface area contributed by atoms with Gasteiger partial charge in [0.2, 0.25) is 0 Å². The van der Waals surface area contributed by atoms with E-state index in [4.69, 9.17) is 5.11 Å². The highest BCUT2D eigenvalue weighted by atomic mass is 16.4. The van der Waals surface area contributed by atoms with Crippen LogP contribution >= 0.6 is 0 Å². The van der Waals surface area contributed by atoms with Gasteiger partial charge in [0, 0.05) is 31.9 Å². The number of nitrogens with one attached hydrogen (secondary N) is 1. The average Bonchev–Trinajstić information content (AvgIpc) is 2.96. The molecule has 0 saturated carbocycles. The van der Waals surface area contributed by atoms with Crippen LogP contribution in [0.5, 0.6) is 0 Å². The van der Waals surface area contributed by atoms with E-state index < -0.39 is 5.97 Å². The second-order valence-corrected chi connectivity index (χ2v) is 5.35. The molecule has 2 amide bonds. The van der Waals surface area contributed by atoms with E-state index in [0.29, 0.717) is 32.5 Å². The third-order valence-corrected chi connectivity index (χ3v) is 3.80. The minimum atomic E-state index is -0.769. The molecule has 8 nitrogen and oxygen atoms in total. The van der Waals surface area contributed by atoms with Crippen LogP contribution < -0.4 is 5.32 Å². The summed E-state index contributed by atoms with van der Waals surface area (Å²) in [6.07, 6.45) is 5.20. The highest BCUT2D eigenvalue weighted by molar-refractivity contribution is 5.75. The first-order valence-corrected chi connectivity index (χ1v) is 7.19. The molecule has 0 aromatic carbocycles. The monoisotopic (exact) mass is 295 g/mol. The molecule has 1 aliphatic rings. The highest BCUT2D eigenvalue weighted by Crippen LogP contribution is 2.22. The van der Waals surface area contributed by atoms with Crippen molar-refractivity contribution in [3.8, 4) is 0 Å². The van der Waals surface area contributed by atoms with Crippen LogP contribution in [-0.2, 0) is 11.3 Å². The molecular formula is C13H21N5O3. The van der Waals surface area contributed by atoms with Gasteiger partial charge in [0.05, 0.1) is 12.1 Å². The number of rotatable bonds is 5. The minimum absolute atomic E-state index is 0.0461. The van der Waals surface area contributed by atoms with Gasteiger partial charge < -0.3 is 15.3 Å². The number of carbonyl (C=O) groups excluding carboxylic acids is 1. The number of carboxylic acids is 1. The maximum atomic E-state index is 12.1. The second kappa shape index (κ2) is 7.05. The number of carbonyl (C=O) groups is 2. The van der Waals surface area contributed by atoms with Crippen LogP contribution in [0.1, 0.15) is 26.2 Å². The molecule has 8 heteroatoms. The first-order valence-electron chi connectivity index (χ1n) is 7.19. The van der Waals surface area contributed by atoms with Crippen LogP contribution in [0.4, 0.5) is 4.79 Å². The summed E-state index contributed by atoms with van der Waals surface area (Å²) >= 11 is 0. The molecular weight excluding hydrogens is 274 g/mol. The molecule has 0 aliphatic carbocycles. The van der Waals surface area contributed by atoms with Crippen molar-refractivity contribution in [2.24, 2.45) is 5.92 Å². The molecule has 0 spiro atoms. The minimum Gasteiger partial charge on any atom is -0.481 e. The van der Waals surface area contributed by atoms with Crippen molar-refractivity contribution < 1.29 is 14.7 Å². The third-order valence-electron chi connectivity index (χ3n) is 3.80. The highest BCUT2D eigenvalue weighted by Gasteiger charge is 2.31. The summed E-state index contributed by atoms with van der Waals surface area (Å²) in [6, 6.07) is -0.167. The Bertz CT molecular complexity index is 476. The van der Waals surface area contributed by atoms with E-state index in [1.54, 1.807) is 22.0 Å². The van der Waals surface area contributed by atoms with Crippen LogP contribution in [0, 0.1) is 5.92 Å². The first-order chi connectivity index (χ1) is 10.1. The van der Waals surface area contributed by atoms with Crippen LogP contribution in [0.15, 0.2) is 12.4 Å². The molecule has 2 unspecified atom stereocenters. The van der Waals surface area contributed by atoms with E-state index in [2.05, 4.69) is 15.6 Å². The number of urea groups is 1. The number of aryl methyl sites for hydroxylation is 1. The summed E-state index contributed by atoms with van der Waals surface area (Å²) in [7, 11) is 0. The number of amides is 2. The van der Waals surface area contributed by atoms with Crippen molar-refractivity contribution in [1.29, 1.82) is 0 Å². The van der Waals surface area contributed by atoms with Gasteiger partial charge in [-0.2, -0.15) is 0 Å². The lowest BCUT2D eigenvalue weighted by molar-refractivity contribution is -0.143. The molecule has 0 radical (unpaired) electrons. The maximum absolute atomic E-state index is 12.1. The molecule has 1 aliphatic heterocycles. The van der Waals surface area contributed by atoms with Crippen molar-refractivity contribution in [2.45, 2.75) is 38.8 Å². The van der Waals surface area contributed by atoms with Crippen LogP contribution in [0.2, 0.25) is 0 Å². The molecule has 2 heterocycles. The van der Waals surface area contributed by atoms with Crippen LogP contribution in [0.3, 0.4) is 0 Å². The summed E-state index contributed by atoms with van der Waals surface area (Å²) in [5.41, 5.74) is 0. The molecule has 21 heavy (non-hydrogen) atoms. The van der Waals surface area contributed by atoms with Gasteiger partial charge in [0.25, 0.3) is 0 Å². The number of aliphatic carboxylic acids is 1. The number of hydrogen-bond donors (Lipinski definition) is 2. The van der Waals surface area contributed by atoms with Gasteiger partial charge in [0.1, 0.15) is 0 Å². The smallest absolute Gasteiger partial charge is 0.317 e. The molecule has 0 bridgehead atoms. The summed E-state index contributed by atoms with van der Waals surface area (Å²) in [6.45, 7) is 3.65. The van der Waals surface area contributed by atoms with Crippen LogP contribution in [0.25, 0.3) is 0 Å². The fourth-order valence-corrected chi connectivity index (χ4v) is 2.59. The number of carboxylic acid groups (broad SMARTS) is 1. The second-order valence-electron chi connectivity index (χ2n) is 5.35. The fourth-order valence-electron chi connectivity index (χ4n) is 2.59. The van der Waals surface area contributed by atoms with E-state index in [0.717, 1.165) is 6.42 Å². The van der Waals surface area contributed by atoms with E-state index >= 15 is 0 Å². The lowest BCUT2D eigenvalue weighted by atomic mass is 9.92. The Kier molecular flexibility index (Phi) is 5.13. The Morgan fingerprint density at radius 3 is 2.90 bits per heavy atom. The first kappa shape index (κ1) is 15.3. The van der Waals surface area contributed by atoms with E-state index in [1.165, 1.54) is 0 Å². The number of hydrogen-bond acceptors (Lipinski definition) is 4. The summed E-state index contributed by atoms with van der Waals surface area (Å²) < 4.78 is 1.72. The maximum Gasteiger partial charge on any atom is 0.317 e. The molecule has 1 aromatic heterocycles. The zero-order valence-electron chi connectivity index (χ0n) is 12.1. The van der Waals surface area contributed by atoms with E-state index in [-0.39, 0.29) is 18.0 Å². The Hall–Kier alpha value is -2.12. The van der Waals surface area contributed by atoms with Crippen LogP contribution in [-0.4, -0.2) is 56.1 Å². The predicted octanol–water partition coefficient (Wildman–Crippen LogP) is 0.563. The Morgan fingerprint density at radius 2 is 2.29 bits per heavy atom. The standard InChI is InChI=1S/C13H21N5O3/c1-10-9-11(12(19)20)3-7-18(10)13(21)14-4-2-6-17-8-5-15-16-17/h5,8,10-11H,2-4,6-7,9H2,1H3,(H,14,21)(H,19,20). The number of aromatic nitrogens is 3. The molecule has 1 aromatic rings. The normalized spacial score (nSPS) is 22.0. The molecule has 2 N–H and O–H groups in total. The lowest BCUT2D eigenvalue weighted by Crippen LogP contribution is -2.50. The van der Waals surface area contributed by atoms with E-state index in [9.17, 15) is 9.59 Å². The van der Waals surface area contributed by atoms with Crippen molar-refractivity contribution in [2.75, 3.05) is 13.1 Å². The molecule has 1 saturated heterocycles. The molecule has 2 atom stereocenters. The number of piperidine rings is 1. The number of likely N-dealkylation sites (tertiary alicyclic amines) is 1. The SMILES string of the molecule is CC1CC(C(=O)O)CCN1C(=O)NCCCn1ccnn1. The third kappa shape index (κ3) is 4.17. The Morgan fingerprint density at radius 1 is 1.48 bits per heavy atom. The topological polar surface area (TPSA) is 100 Å². The van der Waals surface area contributed by atoms with Gasteiger partial charge in [-0.3, -0.25) is 9.48 Å². The van der Waals surface area contributed by atoms with Gasteiger partial charge >= 0.3 is 12.0 Å². The summed E-state index contributed by atoms with van der Waals surface area (Å²) in [5.74, 6) is -1.11. The van der Waals surface area contributed by atoms with Gasteiger partial charge in [0.15, 0.2) is 0 Å². The van der Waals surface area contributed by atoms with Crippen molar-refractivity contribution >= 4 is 12.0 Å². The number of nitrogens with zero attached hydrogens (tertiary/aromatic N) is 4. The molecule has 116 valence electrons. The quantitative estimate of drug-likeness (QED) is 0.773. The zero-order chi connectivity index (χ0) is 15.2. The average molecular weight is 295 g/mol. The van der Waals surface area contributed by atoms with Crippen molar-refractivity contribution in [3.63, 3.8) is 0 Å². The van der Waals surface area contributed by atoms with Gasteiger partial charge in [-0.15, -0.1) is 5.10 Å². The fraction of sp³-hybridized carbons (Fsp3) is 0.692.